The molecule has 0 heterocycles. The van der Waals surface area contributed by atoms with Crippen LogP contribution in [0.4, 0.5) is 11.4 Å². The molecule has 1 unspecified atom stereocenters. The molecule has 1 atom stereocenters. The lowest BCUT2D eigenvalue weighted by Crippen LogP contribution is -2.31. The van der Waals surface area contributed by atoms with Gasteiger partial charge in [-0.1, -0.05) is 6.07 Å². The molecule has 4 nitrogen and oxygen atoms in total. The van der Waals surface area contributed by atoms with Gasteiger partial charge < -0.3 is 15.4 Å². The van der Waals surface area contributed by atoms with Crippen molar-refractivity contribution in [1.82, 2.24) is 0 Å². The molecule has 19 heavy (non-hydrogen) atoms. The van der Waals surface area contributed by atoms with Crippen molar-refractivity contribution >= 4 is 17.3 Å². The molecule has 0 saturated carbocycles. The average Bonchev–Trinajstić information content (AvgIpc) is 2.27. The van der Waals surface area contributed by atoms with Crippen LogP contribution in [0.1, 0.15) is 34.1 Å². The third-order valence-electron chi connectivity index (χ3n) is 2.95. The largest absolute Gasteiger partial charge is 0.382 e. The summed E-state index contributed by atoms with van der Waals surface area (Å²) in [6.07, 6.45) is 0.897. The second kappa shape index (κ2) is 6.57. The van der Waals surface area contributed by atoms with Crippen molar-refractivity contribution in [3.63, 3.8) is 0 Å². The van der Waals surface area contributed by atoms with Gasteiger partial charge in [0.05, 0.1) is 5.60 Å². The van der Waals surface area contributed by atoms with Crippen molar-refractivity contribution in [2.24, 2.45) is 0 Å². The maximum absolute atomic E-state index is 11.0. The number of rotatable bonds is 6. The number of amides is 1. The Morgan fingerprint density at radius 3 is 2.58 bits per heavy atom. The molecular weight excluding hydrogens is 240 g/mol. The summed E-state index contributed by atoms with van der Waals surface area (Å²) in [6.45, 7) is 7.76. The third-order valence-corrected chi connectivity index (χ3v) is 2.95. The van der Waals surface area contributed by atoms with Crippen molar-refractivity contribution in [2.75, 3.05) is 17.7 Å². The van der Waals surface area contributed by atoms with Gasteiger partial charge in [0.2, 0.25) is 5.91 Å². The summed E-state index contributed by atoms with van der Waals surface area (Å²) in [7, 11) is 1.73. The summed E-state index contributed by atoms with van der Waals surface area (Å²) < 4.78 is 5.43. The van der Waals surface area contributed by atoms with Gasteiger partial charge in [0.1, 0.15) is 0 Å². The molecule has 2 N–H and O–H groups in total. The van der Waals surface area contributed by atoms with Crippen LogP contribution in [0.25, 0.3) is 0 Å². The van der Waals surface area contributed by atoms with Crippen LogP contribution in [-0.2, 0) is 9.53 Å². The lowest BCUT2D eigenvalue weighted by Gasteiger charge is -2.27. The average molecular weight is 264 g/mol. The molecule has 106 valence electrons. The summed E-state index contributed by atoms with van der Waals surface area (Å²) in [6, 6.07) is 7.99. The first-order valence-electron chi connectivity index (χ1n) is 6.52. The van der Waals surface area contributed by atoms with Gasteiger partial charge in [0.15, 0.2) is 0 Å². The quantitative estimate of drug-likeness (QED) is 0.829. The van der Waals surface area contributed by atoms with E-state index in [1.165, 1.54) is 6.92 Å². The number of carbonyl (C=O) groups excluding carboxylic acids is 1. The summed E-state index contributed by atoms with van der Waals surface area (Å²) in [4.78, 5) is 11.0. The van der Waals surface area contributed by atoms with Gasteiger partial charge in [-0.2, -0.15) is 0 Å². The smallest absolute Gasteiger partial charge is 0.221 e. The number of carbonyl (C=O) groups is 1. The highest BCUT2D eigenvalue weighted by Crippen LogP contribution is 2.20. The summed E-state index contributed by atoms with van der Waals surface area (Å²) in [5.74, 6) is -0.0642. The standard InChI is InChI=1S/C15H24N2O2/c1-11(10-15(3,4)19-5)16-13-7-6-8-14(9-13)17-12(2)18/h6-9,11,16H,10H2,1-5H3,(H,17,18). The Balaban J connectivity index is 2.64. The van der Waals surface area contributed by atoms with E-state index in [-0.39, 0.29) is 17.6 Å². The molecule has 0 radical (unpaired) electrons. The van der Waals surface area contributed by atoms with E-state index in [1.807, 2.05) is 24.3 Å². The summed E-state index contributed by atoms with van der Waals surface area (Å²) in [5, 5.41) is 6.19. The molecule has 1 aromatic rings. The summed E-state index contributed by atoms with van der Waals surface area (Å²) in [5.41, 5.74) is 1.64. The van der Waals surface area contributed by atoms with E-state index in [2.05, 4.69) is 31.4 Å². The molecule has 0 aliphatic rings. The Kier molecular flexibility index (Phi) is 5.36. The number of anilines is 2. The number of benzene rings is 1. The fourth-order valence-corrected chi connectivity index (χ4v) is 2.05. The molecule has 0 saturated heterocycles. The lowest BCUT2D eigenvalue weighted by molar-refractivity contribution is -0.114. The van der Waals surface area contributed by atoms with Crippen LogP contribution in [0.3, 0.4) is 0 Å². The van der Waals surface area contributed by atoms with E-state index in [1.54, 1.807) is 7.11 Å². The van der Waals surface area contributed by atoms with Crippen molar-refractivity contribution in [3.05, 3.63) is 24.3 Å². The predicted octanol–water partition coefficient (Wildman–Crippen LogP) is 3.26. The summed E-state index contributed by atoms with van der Waals surface area (Å²) >= 11 is 0. The monoisotopic (exact) mass is 264 g/mol. The molecular formula is C15H24N2O2. The zero-order valence-corrected chi connectivity index (χ0v) is 12.4. The van der Waals surface area contributed by atoms with Crippen LogP contribution in [0.5, 0.6) is 0 Å². The fourth-order valence-electron chi connectivity index (χ4n) is 2.05. The van der Waals surface area contributed by atoms with Crippen LogP contribution >= 0.6 is 0 Å². The van der Waals surface area contributed by atoms with Crippen LogP contribution in [0.15, 0.2) is 24.3 Å². The van der Waals surface area contributed by atoms with Crippen molar-refractivity contribution in [3.8, 4) is 0 Å². The van der Waals surface area contributed by atoms with Crippen LogP contribution in [0.2, 0.25) is 0 Å². The third kappa shape index (κ3) is 5.75. The minimum absolute atomic E-state index is 0.0642. The minimum Gasteiger partial charge on any atom is -0.382 e. The Hall–Kier alpha value is -1.55. The number of ether oxygens (including phenoxy) is 1. The van der Waals surface area contributed by atoms with Gasteiger partial charge in [-0.05, 0) is 45.4 Å². The van der Waals surface area contributed by atoms with Crippen molar-refractivity contribution in [1.29, 1.82) is 0 Å². The van der Waals surface area contributed by atoms with Crippen LogP contribution in [0, 0.1) is 0 Å². The van der Waals surface area contributed by atoms with E-state index < -0.39 is 0 Å². The molecule has 0 fully saturated rings. The maximum atomic E-state index is 11.0. The number of methoxy groups -OCH3 is 1. The van der Waals surface area contributed by atoms with Crippen molar-refractivity contribution in [2.45, 2.75) is 45.8 Å². The molecule has 1 rings (SSSR count). The molecule has 0 aromatic heterocycles. The van der Waals surface area contributed by atoms with Gasteiger partial charge >= 0.3 is 0 Å². The first-order valence-corrected chi connectivity index (χ1v) is 6.52. The molecule has 0 aliphatic carbocycles. The molecule has 0 spiro atoms. The molecule has 1 aromatic carbocycles. The number of hydrogen-bond acceptors (Lipinski definition) is 3. The van der Waals surface area contributed by atoms with E-state index >= 15 is 0 Å². The maximum Gasteiger partial charge on any atom is 0.221 e. The van der Waals surface area contributed by atoms with Gasteiger partial charge in [-0.3, -0.25) is 4.79 Å². The highest BCUT2D eigenvalue weighted by atomic mass is 16.5. The first-order chi connectivity index (χ1) is 8.82. The molecule has 1 amide bonds. The molecule has 4 heteroatoms. The predicted molar refractivity (Wildman–Crippen MR) is 79.5 cm³/mol. The topological polar surface area (TPSA) is 50.4 Å². The molecule has 0 bridgehead atoms. The van der Waals surface area contributed by atoms with Gasteiger partial charge in [-0.25, -0.2) is 0 Å². The second-order valence-electron chi connectivity index (χ2n) is 5.48. The SMILES string of the molecule is COC(C)(C)CC(C)Nc1cccc(NC(C)=O)c1. The van der Waals surface area contributed by atoms with Crippen molar-refractivity contribution < 1.29 is 9.53 Å². The number of nitrogens with one attached hydrogen (secondary N) is 2. The normalized spacial score (nSPS) is 12.9. The fraction of sp³-hybridized carbons (Fsp3) is 0.533. The Morgan fingerprint density at radius 1 is 1.37 bits per heavy atom. The zero-order chi connectivity index (χ0) is 14.5. The van der Waals surface area contributed by atoms with E-state index in [4.69, 9.17) is 4.74 Å². The van der Waals surface area contributed by atoms with Gasteiger partial charge in [0, 0.05) is 31.5 Å². The Morgan fingerprint density at radius 2 is 2.00 bits per heavy atom. The highest BCUT2D eigenvalue weighted by Gasteiger charge is 2.19. The van der Waals surface area contributed by atoms with E-state index in [0.29, 0.717) is 0 Å². The number of hydrogen-bond donors (Lipinski definition) is 2. The van der Waals surface area contributed by atoms with Crippen LogP contribution in [-0.4, -0.2) is 24.7 Å². The minimum atomic E-state index is -0.151. The Bertz CT molecular complexity index is 430. The highest BCUT2D eigenvalue weighted by molar-refractivity contribution is 5.89. The van der Waals surface area contributed by atoms with Crippen LogP contribution < -0.4 is 10.6 Å². The lowest BCUT2D eigenvalue weighted by atomic mass is 9.99. The van der Waals surface area contributed by atoms with Gasteiger partial charge in [-0.15, -0.1) is 0 Å². The zero-order valence-electron chi connectivity index (χ0n) is 12.4. The van der Waals surface area contributed by atoms with Gasteiger partial charge in [0.25, 0.3) is 0 Å². The second-order valence-corrected chi connectivity index (χ2v) is 5.48. The molecule has 0 aliphatic heterocycles. The van der Waals surface area contributed by atoms with E-state index in [9.17, 15) is 4.79 Å². The first kappa shape index (κ1) is 15.5. The van der Waals surface area contributed by atoms with E-state index in [0.717, 1.165) is 17.8 Å². The Labute approximate surface area is 115 Å².